The highest BCUT2D eigenvalue weighted by Crippen LogP contribution is 2.41. The highest BCUT2D eigenvalue weighted by molar-refractivity contribution is 6.35. The van der Waals surface area contributed by atoms with Crippen molar-refractivity contribution in [2.45, 2.75) is 38.5 Å². The molecule has 1 aliphatic carbocycles. The number of nitrogens with zero attached hydrogens (tertiary/aromatic N) is 3. The third-order valence-electron chi connectivity index (χ3n) is 6.07. The molecule has 3 aromatic rings. The van der Waals surface area contributed by atoms with E-state index in [0.717, 1.165) is 42.8 Å². The molecule has 5 rings (SSSR count). The number of halogens is 2. The zero-order chi connectivity index (χ0) is 21.5. The van der Waals surface area contributed by atoms with Crippen molar-refractivity contribution >= 4 is 29.1 Å². The monoisotopic (exact) mass is 454 g/mol. The average Bonchev–Trinajstić information content (AvgIpc) is 3.37. The van der Waals surface area contributed by atoms with Crippen molar-refractivity contribution in [2.24, 2.45) is 0 Å². The Morgan fingerprint density at radius 3 is 2.42 bits per heavy atom. The maximum atomic E-state index is 13.1. The van der Waals surface area contributed by atoms with Gasteiger partial charge in [-0.15, -0.1) is 0 Å². The van der Waals surface area contributed by atoms with Gasteiger partial charge >= 0.3 is 0 Å². The van der Waals surface area contributed by atoms with Crippen molar-refractivity contribution in [3.8, 4) is 16.9 Å². The van der Waals surface area contributed by atoms with E-state index in [4.69, 9.17) is 28.3 Å². The number of hydrogen-bond donors (Lipinski definition) is 1. The molecule has 1 saturated carbocycles. The summed E-state index contributed by atoms with van der Waals surface area (Å²) in [4.78, 5) is 13.1. The Labute approximate surface area is 191 Å². The van der Waals surface area contributed by atoms with Gasteiger partial charge in [0.1, 0.15) is 0 Å². The van der Waals surface area contributed by atoms with E-state index in [0.29, 0.717) is 27.3 Å². The molecule has 5 nitrogen and oxygen atoms in total. The lowest BCUT2D eigenvalue weighted by Gasteiger charge is -2.15. The van der Waals surface area contributed by atoms with E-state index in [2.05, 4.69) is 29.7 Å². The molecule has 0 atom stereocenters. The summed E-state index contributed by atoms with van der Waals surface area (Å²) in [7, 11) is 0. The highest BCUT2D eigenvalue weighted by Gasteiger charge is 2.26. The topological polar surface area (TPSA) is 50.2 Å². The van der Waals surface area contributed by atoms with Gasteiger partial charge in [-0.3, -0.25) is 10.2 Å². The fourth-order valence-corrected chi connectivity index (χ4v) is 4.72. The summed E-state index contributed by atoms with van der Waals surface area (Å²) in [6.45, 7) is 3.67. The van der Waals surface area contributed by atoms with Crippen molar-refractivity contribution in [1.29, 1.82) is 0 Å². The van der Waals surface area contributed by atoms with Crippen LogP contribution in [0.1, 0.15) is 53.2 Å². The average molecular weight is 455 g/mol. The summed E-state index contributed by atoms with van der Waals surface area (Å²) in [6, 6.07) is 13.9. The van der Waals surface area contributed by atoms with E-state index >= 15 is 0 Å². The second-order valence-corrected chi connectivity index (χ2v) is 9.20. The van der Waals surface area contributed by atoms with Crippen LogP contribution in [0.15, 0.2) is 42.5 Å². The molecule has 2 fully saturated rings. The normalized spacial score (nSPS) is 16.6. The minimum atomic E-state index is -0.195. The number of rotatable bonds is 5. The van der Waals surface area contributed by atoms with Gasteiger partial charge < -0.3 is 0 Å². The minimum absolute atomic E-state index is 0.195. The van der Waals surface area contributed by atoms with Crippen molar-refractivity contribution in [1.82, 2.24) is 20.2 Å². The van der Waals surface area contributed by atoms with E-state index in [1.54, 1.807) is 16.8 Å². The third-order valence-corrected chi connectivity index (χ3v) is 6.61. The molecular weight excluding hydrogens is 431 g/mol. The van der Waals surface area contributed by atoms with Gasteiger partial charge in [0.2, 0.25) is 0 Å². The van der Waals surface area contributed by atoms with Crippen molar-refractivity contribution in [3.63, 3.8) is 0 Å². The van der Waals surface area contributed by atoms with Crippen LogP contribution in [0.3, 0.4) is 0 Å². The van der Waals surface area contributed by atoms with Gasteiger partial charge in [0.05, 0.1) is 16.4 Å². The number of amides is 1. The Balaban J connectivity index is 1.59. The summed E-state index contributed by atoms with van der Waals surface area (Å²) in [6.07, 6.45) is 4.70. The predicted octanol–water partition coefficient (Wildman–Crippen LogP) is 5.77. The van der Waals surface area contributed by atoms with Crippen LogP contribution in [0.25, 0.3) is 16.9 Å². The molecule has 160 valence electrons. The molecule has 0 radical (unpaired) electrons. The molecule has 1 saturated heterocycles. The van der Waals surface area contributed by atoms with E-state index in [-0.39, 0.29) is 5.91 Å². The van der Waals surface area contributed by atoms with Gasteiger partial charge in [0.25, 0.3) is 5.91 Å². The fraction of sp³-hybridized carbons (Fsp3) is 0.333. The minimum Gasteiger partial charge on any atom is -0.283 e. The first kappa shape index (κ1) is 20.6. The summed E-state index contributed by atoms with van der Waals surface area (Å²) in [5.74, 6) is 0.492. The number of hydrazine groups is 1. The zero-order valence-electron chi connectivity index (χ0n) is 17.4. The van der Waals surface area contributed by atoms with Crippen LogP contribution in [-0.2, 0) is 0 Å². The maximum absolute atomic E-state index is 13.1. The fourth-order valence-electron chi connectivity index (χ4n) is 4.23. The first-order chi connectivity index (χ1) is 15.0. The molecule has 1 amide bonds. The SMILES string of the molecule is Cc1c(C(=O)NN2CCCC2)nn(-c2ccc(Cl)cc2Cl)c1-c1ccc(C2CC2)cc1. The van der Waals surface area contributed by atoms with E-state index in [1.165, 1.54) is 18.4 Å². The van der Waals surface area contributed by atoms with Gasteiger partial charge in [-0.05, 0) is 62.3 Å². The van der Waals surface area contributed by atoms with Crippen LogP contribution in [0, 0.1) is 6.92 Å². The molecule has 2 heterocycles. The summed E-state index contributed by atoms with van der Waals surface area (Å²) >= 11 is 12.6. The molecule has 7 heteroatoms. The highest BCUT2D eigenvalue weighted by atomic mass is 35.5. The molecule has 31 heavy (non-hydrogen) atoms. The molecule has 1 aromatic heterocycles. The number of carbonyl (C=O) groups is 1. The Kier molecular flexibility index (Phi) is 5.51. The van der Waals surface area contributed by atoms with Crippen LogP contribution in [0.2, 0.25) is 10.0 Å². The Hall–Kier alpha value is -2.34. The van der Waals surface area contributed by atoms with Crippen LogP contribution >= 0.6 is 23.2 Å². The van der Waals surface area contributed by atoms with Crippen LogP contribution < -0.4 is 5.43 Å². The van der Waals surface area contributed by atoms with Crippen molar-refractivity contribution in [3.05, 3.63) is 69.3 Å². The Morgan fingerprint density at radius 1 is 1.06 bits per heavy atom. The first-order valence-electron chi connectivity index (χ1n) is 10.7. The lowest BCUT2D eigenvalue weighted by molar-refractivity contribution is 0.0819. The van der Waals surface area contributed by atoms with Gasteiger partial charge in [0, 0.05) is 29.2 Å². The second kappa shape index (κ2) is 8.30. The van der Waals surface area contributed by atoms with Gasteiger partial charge in [0.15, 0.2) is 5.69 Å². The number of nitrogens with one attached hydrogen (secondary N) is 1. The van der Waals surface area contributed by atoms with Crippen LogP contribution in [0.5, 0.6) is 0 Å². The summed E-state index contributed by atoms with van der Waals surface area (Å²) < 4.78 is 1.76. The van der Waals surface area contributed by atoms with E-state index in [1.807, 2.05) is 18.0 Å². The predicted molar refractivity (Wildman–Crippen MR) is 124 cm³/mol. The molecule has 0 spiro atoms. The lowest BCUT2D eigenvalue weighted by atomic mass is 10.0. The standard InChI is InChI=1S/C24H24Cl2N4O/c1-15-22(24(31)28-29-12-2-3-13-29)27-30(21-11-10-19(25)14-20(21)26)23(15)18-8-6-17(7-9-18)16-4-5-16/h6-11,14,16H,2-5,12-13H2,1H3,(H,28,31). The third kappa shape index (κ3) is 4.10. The zero-order valence-corrected chi connectivity index (χ0v) is 18.9. The van der Waals surface area contributed by atoms with Gasteiger partial charge in [-0.25, -0.2) is 9.69 Å². The van der Waals surface area contributed by atoms with E-state index < -0.39 is 0 Å². The van der Waals surface area contributed by atoms with E-state index in [9.17, 15) is 4.79 Å². The number of aromatic nitrogens is 2. The molecule has 0 bridgehead atoms. The number of benzene rings is 2. The number of carbonyl (C=O) groups excluding carboxylic acids is 1. The molecule has 1 aliphatic heterocycles. The summed E-state index contributed by atoms with van der Waals surface area (Å²) in [5, 5.41) is 7.71. The largest absolute Gasteiger partial charge is 0.286 e. The van der Waals surface area contributed by atoms with Crippen LogP contribution in [-0.4, -0.2) is 33.8 Å². The molecule has 1 N–H and O–H groups in total. The van der Waals surface area contributed by atoms with Crippen LogP contribution in [0.4, 0.5) is 0 Å². The second-order valence-electron chi connectivity index (χ2n) is 8.36. The quantitative estimate of drug-likeness (QED) is 0.531. The Bertz CT molecular complexity index is 1130. The molecule has 2 aliphatic rings. The lowest BCUT2D eigenvalue weighted by Crippen LogP contribution is -2.40. The first-order valence-corrected chi connectivity index (χ1v) is 11.5. The molecule has 2 aromatic carbocycles. The smallest absolute Gasteiger partial charge is 0.283 e. The van der Waals surface area contributed by atoms with Gasteiger partial charge in [-0.1, -0.05) is 47.5 Å². The van der Waals surface area contributed by atoms with Crippen molar-refractivity contribution < 1.29 is 4.79 Å². The maximum Gasteiger partial charge on any atom is 0.286 e. The van der Waals surface area contributed by atoms with Gasteiger partial charge in [-0.2, -0.15) is 5.10 Å². The molecule has 0 unspecified atom stereocenters. The van der Waals surface area contributed by atoms with Crippen molar-refractivity contribution in [2.75, 3.05) is 13.1 Å². The Morgan fingerprint density at radius 2 is 1.77 bits per heavy atom. The number of hydrogen-bond acceptors (Lipinski definition) is 3. The summed E-state index contributed by atoms with van der Waals surface area (Å²) in [5.41, 5.74) is 8.14. The molecular formula is C24H24Cl2N4O.